The van der Waals surface area contributed by atoms with E-state index in [0.717, 1.165) is 0 Å². The van der Waals surface area contributed by atoms with Gasteiger partial charge in [-0.05, 0) is 0 Å². The van der Waals surface area contributed by atoms with Gasteiger partial charge in [-0.3, -0.25) is 0 Å². The van der Waals surface area contributed by atoms with Crippen LogP contribution in [-0.4, -0.2) is 5.48 Å². The molecule has 7 heavy (non-hydrogen) atoms. The van der Waals surface area contributed by atoms with Crippen LogP contribution in [0.5, 0.6) is 0 Å². The van der Waals surface area contributed by atoms with Gasteiger partial charge in [-0.1, -0.05) is 4.57 Å². The molecule has 7 heteroatoms. The van der Waals surface area contributed by atoms with Crippen LogP contribution in [0.25, 0.3) is 0 Å². The molecule has 0 saturated carbocycles. The predicted molar refractivity (Wildman–Crippen MR) is 11.2 cm³/mol. The summed E-state index contributed by atoms with van der Waals surface area (Å²) in [5, 5.41) is 0. The second-order valence-corrected chi connectivity index (χ2v) is 0.671. The Morgan fingerprint density at radius 2 is 1.14 bits per heavy atom. The van der Waals surface area contributed by atoms with Gasteiger partial charge in [-0.15, -0.1) is 0 Å². The minimum absolute atomic E-state index is 0. The minimum Gasteiger partial charge on any atom is -0.598 e. The Kier molecular flexibility index (Phi) is 51.6. The molecule has 0 fully saturated rings. The summed E-state index contributed by atoms with van der Waals surface area (Å²) in [6.45, 7) is 0. The van der Waals surface area contributed by atoms with E-state index in [4.69, 9.17) is 14.4 Å². The third-order valence-electron chi connectivity index (χ3n) is 0. The van der Waals surface area contributed by atoms with E-state index in [2.05, 4.69) is 0 Å². The van der Waals surface area contributed by atoms with Crippen molar-refractivity contribution in [1.29, 1.82) is 0 Å². The molecule has 2 N–H and O–H groups in total. The molecule has 4 nitrogen and oxygen atoms in total. The average molecular weight is 143 g/mol. The Morgan fingerprint density at radius 3 is 1.14 bits per heavy atom. The van der Waals surface area contributed by atoms with E-state index in [0.29, 0.717) is 0 Å². The van der Waals surface area contributed by atoms with Crippen LogP contribution in [0.4, 0.5) is 0 Å². The van der Waals surface area contributed by atoms with E-state index in [-0.39, 0.29) is 64.6 Å². The summed E-state index contributed by atoms with van der Waals surface area (Å²) < 4.78 is 8.48. The molecule has 0 spiro atoms. The number of hydrogen-bond donors (Lipinski definition) is 0. The Hall–Kier alpha value is 1.98. The summed E-state index contributed by atoms with van der Waals surface area (Å²) >= 11 is 0. The van der Waals surface area contributed by atoms with Crippen LogP contribution in [0.15, 0.2) is 0 Å². The predicted octanol–water partition coefficient (Wildman–Crippen LogP) is -8.45. The summed E-state index contributed by atoms with van der Waals surface area (Å²) in [6.07, 6.45) is 0. The van der Waals surface area contributed by atoms with Gasteiger partial charge in [0.2, 0.25) is 0 Å². The molecule has 0 aliphatic heterocycles. The summed E-state index contributed by atoms with van der Waals surface area (Å²) in [4.78, 5) is 17.0. The molecule has 0 saturated heterocycles. The molecule has 0 aliphatic carbocycles. The Balaban J connectivity index is -0.0000000150. The van der Waals surface area contributed by atoms with E-state index in [1.54, 1.807) is 0 Å². The first-order chi connectivity index (χ1) is 1.73. The van der Waals surface area contributed by atoms with Crippen molar-refractivity contribution >= 4 is 8.25 Å². The number of hydrogen-bond acceptors (Lipinski definition) is 3. The van der Waals surface area contributed by atoms with E-state index in [1.165, 1.54) is 0 Å². The minimum atomic E-state index is -3.37. The van der Waals surface area contributed by atoms with Crippen molar-refractivity contribution in [2.24, 2.45) is 0 Å². The zero-order valence-corrected chi connectivity index (χ0v) is 9.07. The number of rotatable bonds is 0. The molecule has 0 bridgehead atoms. The molecular formula is H2Na2O4P+. The van der Waals surface area contributed by atoms with E-state index in [9.17, 15) is 0 Å². The summed E-state index contributed by atoms with van der Waals surface area (Å²) in [5.41, 5.74) is 0. The fourth-order valence-corrected chi connectivity index (χ4v) is 0. The van der Waals surface area contributed by atoms with Crippen molar-refractivity contribution < 1.29 is 78.9 Å². The average Bonchev–Trinajstić information content (AvgIpc) is 0.811. The summed E-state index contributed by atoms with van der Waals surface area (Å²) in [5.74, 6) is 0. The van der Waals surface area contributed by atoms with Gasteiger partial charge in [0.1, 0.15) is 0 Å². The smallest absolute Gasteiger partial charge is 0.598 e. The van der Waals surface area contributed by atoms with Crippen LogP contribution in [0.1, 0.15) is 0 Å². The van der Waals surface area contributed by atoms with Crippen molar-refractivity contribution in [3.8, 4) is 0 Å². The molecule has 0 aliphatic rings. The molecule has 0 heterocycles. The van der Waals surface area contributed by atoms with Gasteiger partial charge in [0.25, 0.3) is 8.25 Å². The topological polar surface area (TPSA) is 94.7 Å². The molecule has 0 amide bonds. The van der Waals surface area contributed by atoms with Gasteiger partial charge in [0.05, 0.1) is 0 Å². The molecule has 0 unspecified atom stereocenters. The summed E-state index contributed by atoms with van der Waals surface area (Å²) in [7, 11) is -3.37. The van der Waals surface area contributed by atoms with Crippen molar-refractivity contribution in [2.75, 3.05) is 0 Å². The van der Waals surface area contributed by atoms with Gasteiger partial charge in [-0.2, -0.15) is 0 Å². The van der Waals surface area contributed by atoms with E-state index < -0.39 is 8.25 Å². The van der Waals surface area contributed by atoms with Gasteiger partial charge in [-0.25, -0.2) is 0 Å². The maximum atomic E-state index is 8.48. The first-order valence-corrected chi connectivity index (χ1v) is 1.64. The van der Waals surface area contributed by atoms with Crippen LogP contribution >= 0.6 is 8.25 Å². The van der Waals surface area contributed by atoms with Crippen molar-refractivity contribution in [3.63, 3.8) is 0 Å². The normalized spacial score (nSPS) is 3.71. The molecule has 0 aromatic heterocycles. The molecular weight excluding hydrogens is 141 g/mol. The van der Waals surface area contributed by atoms with Gasteiger partial charge < -0.3 is 15.3 Å². The van der Waals surface area contributed by atoms with Crippen molar-refractivity contribution in [3.05, 3.63) is 0 Å². The van der Waals surface area contributed by atoms with E-state index in [1.807, 2.05) is 0 Å². The third kappa shape index (κ3) is 72.8. The fraction of sp³-hybridized carbons (Fsp3) is 0. The van der Waals surface area contributed by atoms with Gasteiger partial charge in [0.15, 0.2) is 0 Å². The molecule has 32 valence electrons. The van der Waals surface area contributed by atoms with Crippen LogP contribution in [0, 0.1) is 0 Å². The van der Waals surface area contributed by atoms with Gasteiger partial charge >= 0.3 is 59.1 Å². The second kappa shape index (κ2) is 15.7. The SMILES string of the molecule is O.O=[P+]([O-])[O-].[Na+].[Na+]. The first kappa shape index (κ1) is 23.1. The van der Waals surface area contributed by atoms with E-state index >= 15 is 0 Å². The zero-order chi connectivity index (χ0) is 3.58. The Labute approximate surface area is 86.1 Å². The standard InChI is InChI=1S/2Na.HO3P.H2O/c;;1-4(2)3;/h;;(H,1,2,3);1H2/q2*+1;;/p-1. The second-order valence-electron chi connectivity index (χ2n) is 0.224. The van der Waals surface area contributed by atoms with Crippen molar-refractivity contribution in [1.82, 2.24) is 0 Å². The maximum absolute atomic E-state index is 8.48. The van der Waals surface area contributed by atoms with Crippen LogP contribution in [0.3, 0.4) is 0 Å². The third-order valence-corrected chi connectivity index (χ3v) is 0. The summed E-state index contributed by atoms with van der Waals surface area (Å²) in [6, 6.07) is 0. The fourth-order valence-electron chi connectivity index (χ4n) is 0. The first-order valence-electron chi connectivity index (χ1n) is 0.548. The quantitative estimate of drug-likeness (QED) is 0.249. The molecule has 0 rings (SSSR count). The van der Waals surface area contributed by atoms with Crippen LogP contribution in [-0.2, 0) is 4.57 Å². The molecule has 0 radical (unpaired) electrons. The Bertz CT molecular complexity index is 32.7. The monoisotopic (exact) mass is 143 g/mol. The zero-order valence-electron chi connectivity index (χ0n) is 4.17. The maximum Gasteiger partial charge on any atom is 1.00 e. The van der Waals surface area contributed by atoms with Gasteiger partial charge in [0, 0.05) is 0 Å². The molecule has 0 atom stereocenters. The molecule has 0 aromatic rings. The largest absolute Gasteiger partial charge is 1.00 e. The van der Waals surface area contributed by atoms with Crippen LogP contribution in [0.2, 0.25) is 0 Å². The van der Waals surface area contributed by atoms with Crippen molar-refractivity contribution in [2.45, 2.75) is 0 Å². The molecule has 0 aromatic carbocycles. The Morgan fingerprint density at radius 1 is 1.14 bits per heavy atom. The van der Waals surface area contributed by atoms with Crippen LogP contribution < -0.4 is 68.9 Å².